The summed E-state index contributed by atoms with van der Waals surface area (Å²) in [5.74, 6) is 0.280. The van der Waals surface area contributed by atoms with Gasteiger partial charge in [0.15, 0.2) is 5.65 Å². The average Bonchev–Trinajstić information content (AvgIpc) is 2.45. The van der Waals surface area contributed by atoms with E-state index in [0.29, 0.717) is 5.65 Å². The molecular formula is C10H13N3O. The van der Waals surface area contributed by atoms with Gasteiger partial charge in [0, 0.05) is 17.8 Å². The maximum Gasteiger partial charge on any atom is 0.272 e. The predicted molar refractivity (Wildman–Crippen MR) is 54.6 cm³/mol. The highest BCUT2D eigenvalue weighted by Gasteiger charge is 2.06. The smallest absolute Gasteiger partial charge is 0.272 e. The summed E-state index contributed by atoms with van der Waals surface area (Å²) in [6, 6.07) is 3.45. The summed E-state index contributed by atoms with van der Waals surface area (Å²) < 4.78 is 1.46. The summed E-state index contributed by atoms with van der Waals surface area (Å²) in [5.41, 5.74) is 2.43. The lowest BCUT2D eigenvalue weighted by atomic mass is 10.1. The van der Waals surface area contributed by atoms with Gasteiger partial charge < -0.3 is 0 Å². The Balaban J connectivity index is 2.78. The predicted octanol–water partition coefficient (Wildman–Crippen LogP) is 1.45. The number of aromatic nitrogens is 3. The summed E-state index contributed by atoms with van der Waals surface area (Å²) >= 11 is 0. The van der Waals surface area contributed by atoms with Gasteiger partial charge in [-0.1, -0.05) is 13.8 Å². The van der Waals surface area contributed by atoms with E-state index in [1.807, 2.05) is 26.8 Å². The van der Waals surface area contributed by atoms with Gasteiger partial charge in [-0.15, -0.1) is 0 Å². The van der Waals surface area contributed by atoms with E-state index < -0.39 is 0 Å². The maximum atomic E-state index is 11.6. The lowest BCUT2D eigenvalue weighted by Gasteiger charge is -2.02. The Morgan fingerprint density at radius 2 is 2.14 bits per heavy atom. The minimum Gasteiger partial charge on any atom is -0.294 e. The first-order valence-corrected chi connectivity index (χ1v) is 4.67. The van der Waals surface area contributed by atoms with Crippen molar-refractivity contribution in [2.75, 3.05) is 0 Å². The molecule has 2 rings (SSSR count). The molecule has 0 bridgehead atoms. The Morgan fingerprint density at radius 1 is 1.43 bits per heavy atom. The Morgan fingerprint density at radius 3 is 2.79 bits per heavy atom. The number of hydrogen-bond acceptors (Lipinski definition) is 2. The lowest BCUT2D eigenvalue weighted by molar-refractivity contribution is 0.794. The SMILES string of the molecule is Cc1cc2nc(C(C)C)cc(=O)n2[nH]1. The molecule has 0 aliphatic rings. The summed E-state index contributed by atoms with van der Waals surface area (Å²) in [6.45, 7) is 5.96. The van der Waals surface area contributed by atoms with E-state index in [9.17, 15) is 4.79 Å². The van der Waals surface area contributed by atoms with Gasteiger partial charge >= 0.3 is 0 Å². The lowest BCUT2D eigenvalue weighted by Crippen LogP contribution is -2.15. The molecule has 0 aliphatic carbocycles. The molecule has 0 amide bonds. The Hall–Kier alpha value is -1.58. The number of nitrogens with one attached hydrogen (secondary N) is 1. The molecule has 0 aromatic carbocycles. The van der Waals surface area contributed by atoms with E-state index in [1.165, 1.54) is 4.52 Å². The first-order chi connectivity index (χ1) is 6.58. The van der Waals surface area contributed by atoms with Crippen molar-refractivity contribution in [2.45, 2.75) is 26.7 Å². The quantitative estimate of drug-likeness (QED) is 0.741. The van der Waals surface area contributed by atoms with Crippen LogP contribution in [0.2, 0.25) is 0 Å². The molecule has 2 aromatic rings. The van der Waals surface area contributed by atoms with Crippen molar-refractivity contribution in [3.63, 3.8) is 0 Å². The standard InChI is InChI=1S/C10H13N3O/c1-6(2)8-5-10(14)13-9(11-8)4-7(3)12-13/h4-6,12H,1-3H3. The van der Waals surface area contributed by atoms with Crippen LogP contribution in [0.4, 0.5) is 0 Å². The molecule has 4 nitrogen and oxygen atoms in total. The third-order valence-corrected chi connectivity index (χ3v) is 2.19. The van der Waals surface area contributed by atoms with E-state index in [2.05, 4.69) is 10.1 Å². The number of H-pyrrole nitrogens is 1. The van der Waals surface area contributed by atoms with Crippen molar-refractivity contribution in [3.8, 4) is 0 Å². The van der Waals surface area contributed by atoms with Gasteiger partial charge in [-0.2, -0.15) is 0 Å². The van der Waals surface area contributed by atoms with E-state index in [4.69, 9.17) is 0 Å². The molecule has 0 saturated carbocycles. The molecule has 2 heterocycles. The van der Waals surface area contributed by atoms with E-state index in [-0.39, 0.29) is 11.5 Å². The molecular weight excluding hydrogens is 178 g/mol. The van der Waals surface area contributed by atoms with Gasteiger partial charge in [-0.25, -0.2) is 9.50 Å². The Bertz CT molecular complexity index is 522. The van der Waals surface area contributed by atoms with Crippen LogP contribution in [0.3, 0.4) is 0 Å². The van der Waals surface area contributed by atoms with Gasteiger partial charge in [0.05, 0.1) is 5.69 Å². The second-order valence-corrected chi connectivity index (χ2v) is 3.81. The number of hydrogen-bond donors (Lipinski definition) is 1. The number of aryl methyl sites for hydroxylation is 1. The van der Waals surface area contributed by atoms with Gasteiger partial charge in [-0.3, -0.25) is 9.89 Å². The van der Waals surface area contributed by atoms with Gasteiger partial charge in [-0.05, 0) is 12.8 Å². The molecule has 0 spiro atoms. The summed E-state index contributed by atoms with van der Waals surface area (Å²) in [6.07, 6.45) is 0. The molecule has 4 heteroatoms. The first-order valence-electron chi connectivity index (χ1n) is 4.67. The fraction of sp³-hybridized carbons (Fsp3) is 0.400. The minimum absolute atomic E-state index is 0.0493. The van der Waals surface area contributed by atoms with Gasteiger partial charge in [0.1, 0.15) is 0 Å². The highest BCUT2D eigenvalue weighted by Crippen LogP contribution is 2.10. The van der Waals surface area contributed by atoms with Crippen LogP contribution in [-0.2, 0) is 0 Å². The van der Waals surface area contributed by atoms with Gasteiger partial charge in [0.25, 0.3) is 5.56 Å². The molecule has 1 N–H and O–H groups in total. The monoisotopic (exact) mass is 191 g/mol. The van der Waals surface area contributed by atoms with Crippen LogP contribution in [-0.4, -0.2) is 14.6 Å². The number of aromatic amines is 1. The Labute approximate surface area is 81.6 Å². The zero-order valence-electron chi connectivity index (χ0n) is 8.53. The number of nitrogens with zero attached hydrogens (tertiary/aromatic N) is 2. The molecule has 14 heavy (non-hydrogen) atoms. The third-order valence-electron chi connectivity index (χ3n) is 2.19. The van der Waals surface area contributed by atoms with E-state index in [0.717, 1.165) is 11.4 Å². The fourth-order valence-electron chi connectivity index (χ4n) is 1.43. The van der Waals surface area contributed by atoms with Crippen molar-refractivity contribution < 1.29 is 0 Å². The summed E-state index contributed by atoms with van der Waals surface area (Å²) in [7, 11) is 0. The van der Waals surface area contributed by atoms with Crippen LogP contribution in [0.5, 0.6) is 0 Å². The molecule has 0 fully saturated rings. The van der Waals surface area contributed by atoms with Crippen molar-refractivity contribution in [1.82, 2.24) is 14.6 Å². The van der Waals surface area contributed by atoms with Crippen molar-refractivity contribution >= 4 is 5.65 Å². The second kappa shape index (κ2) is 2.97. The van der Waals surface area contributed by atoms with Crippen LogP contribution in [0.25, 0.3) is 5.65 Å². The average molecular weight is 191 g/mol. The number of fused-ring (bicyclic) bond motifs is 1. The van der Waals surface area contributed by atoms with Crippen LogP contribution in [0.1, 0.15) is 31.2 Å². The molecule has 0 atom stereocenters. The molecule has 0 aliphatic heterocycles. The zero-order valence-corrected chi connectivity index (χ0v) is 8.53. The Kier molecular flexibility index (Phi) is 1.91. The highest BCUT2D eigenvalue weighted by atomic mass is 16.1. The first kappa shape index (κ1) is 8.99. The van der Waals surface area contributed by atoms with Crippen LogP contribution >= 0.6 is 0 Å². The van der Waals surface area contributed by atoms with Crippen LogP contribution in [0, 0.1) is 6.92 Å². The summed E-state index contributed by atoms with van der Waals surface area (Å²) in [4.78, 5) is 16.0. The second-order valence-electron chi connectivity index (χ2n) is 3.81. The van der Waals surface area contributed by atoms with Gasteiger partial charge in [0.2, 0.25) is 0 Å². The zero-order chi connectivity index (χ0) is 10.3. The van der Waals surface area contributed by atoms with Crippen LogP contribution < -0.4 is 5.56 Å². The largest absolute Gasteiger partial charge is 0.294 e. The third kappa shape index (κ3) is 1.32. The van der Waals surface area contributed by atoms with Crippen molar-refractivity contribution in [3.05, 3.63) is 33.9 Å². The maximum absolute atomic E-state index is 11.6. The minimum atomic E-state index is -0.0493. The van der Waals surface area contributed by atoms with Crippen LogP contribution in [0.15, 0.2) is 16.9 Å². The molecule has 0 unspecified atom stereocenters. The summed E-state index contributed by atoms with van der Waals surface area (Å²) in [5, 5.41) is 2.93. The normalized spacial score (nSPS) is 11.4. The topological polar surface area (TPSA) is 50.2 Å². The highest BCUT2D eigenvalue weighted by molar-refractivity contribution is 5.39. The molecule has 74 valence electrons. The van der Waals surface area contributed by atoms with Crippen molar-refractivity contribution in [1.29, 1.82) is 0 Å². The van der Waals surface area contributed by atoms with E-state index in [1.54, 1.807) is 6.07 Å². The van der Waals surface area contributed by atoms with Crippen molar-refractivity contribution in [2.24, 2.45) is 0 Å². The fourth-order valence-corrected chi connectivity index (χ4v) is 1.43. The molecule has 0 radical (unpaired) electrons. The molecule has 0 saturated heterocycles. The van der Waals surface area contributed by atoms with E-state index >= 15 is 0 Å². The molecule has 2 aromatic heterocycles. The number of rotatable bonds is 1.